The molecule has 0 aliphatic rings. The number of benzene rings is 1. The van der Waals surface area contributed by atoms with E-state index in [9.17, 15) is 0 Å². The number of hydrogen-bond donors (Lipinski definition) is 0. The van der Waals surface area contributed by atoms with Crippen LogP contribution in [0.1, 0.15) is 5.56 Å². The standard InChI is InChI=1S/C9H9BrN2/c1-7-3-4-9(8(10)5-7)12(2)6-11/h3-5H,1-2H3. The van der Waals surface area contributed by atoms with Gasteiger partial charge in [-0.15, -0.1) is 0 Å². The van der Waals surface area contributed by atoms with Crippen molar-refractivity contribution in [2.45, 2.75) is 6.92 Å². The Hall–Kier alpha value is -1.01. The van der Waals surface area contributed by atoms with Gasteiger partial charge in [0.1, 0.15) is 0 Å². The van der Waals surface area contributed by atoms with E-state index in [1.807, 2.05) is 31.3 Å². The zero-order valence-corrected chi connectivity index (χ0v) is 8.59. The van der Waals surface area contributed by atoms with E-state index in [0.717, 1.165) is 10.2 Å². The SMILES string of the molecule is Cc1ccc(N(C)C#N)c(Br)c1. The first-order valence-corrected chi connectivity index (χ1v) is 4.34. The number of hydrogen-bond acceptors (Lipinski definition) is 2. The highest BCUT2D eigenvalue weighted by Crippen LogP contribution is 2.25. The van der Waals surface area contributed by atoms with Gasteiger partial charge >= 0.3 is 0 Å². The van der Waals surface area contributed by atoms with Crippen LogP contribution in [-0.4, -0.2) is 7.05 Å². The number of nitriles is 1. The van der Waals surface area contributed by atoms with Crippen LogP contribution >= 0.6 is 15.9 Å². The molecular formula is C9H9BrN2. The lowest BCUT2D eigenvalue weighted by atomic mass is 10.2. The number of anilines is 1. The van der Waals surface area contributed by atoms with Crippen molar-refractivity contribution in [3.8, 4) is 6.19 Å². The molecule has 0 fully saturated rings. The number of nitrogens with zero attached hydrogens (tertiary/aromatic N) is 2. The van der Waals surface area contributed by atoms with E-state index in [4.69, 9.17) is 5.26 Å². The van der Waals surface area contributed by atoms with E-state index < -0.39 is 0 Å². The molecule has 0 aliphatic carbocycles. The lowest BCUT2D eigenvalue weighted by Crippen LogP contribution is -2.08. The number of rotatable bonds is 1. The van der Waals surface area contributed by atoms with Gasteiger partial charge < -0.3 is 0 Å². The minimum atomic E-state index is 0.892. The summed E-state index contributed by atoms with van der Waals surface area (Å²) in [5.41, 5.74) is 2.07. The van der Waals surface area contributed by atoms with Gasteiger partial charge in [-0.05, 0) is 40.5 Å². The molecule has 3 heteroatoms. The number of halogens is 1. The first-order chi connectivity index (χ1) is 5.65. The Morgan fingerprint density at radius 3 is 2.67 bits per heavy atom. The molecule has 12 heavy (non-hydrogen) atoms. The van der Waals surface area contributed by atoms with E-state index >= 15 is 0 Å². The molecule has 0 saturated heterocycles. The predicted molar refractivity (Wildman–Crippen MR) is 52.9 cm³/mol. The molecule has 0 radical (unpaired) electrons. The molecule has 1 aromatic rings. The Balaban J connectivity index is 3.11. The van der Waals surface area contributed by atoms with Crippen LogP contribution in [0.5, 0.6) is 0 Å². The Morgan fingerprint density at radius 1 is 1.50 bits per heavy atom. The van der Waals surface area contributed by atoms with Gasteiger partial charge in [0.2, 0.25) is 0 Å². The lowest BCUT2D eigenvalue weighted by Gasteiger charge is -2.10. The van der Waals surface area contributed by atoms with Crippen molar-refractivity contribution in [3.05, 3.63) is 28.2 Å². The normalized spacial score (nSPS) is 9.17. The van der Waals surface area contributed by atoms with Crippen LogP contribution in [0.25, 0.3) is 0 Å². The van der Waals surface area contributed by atoms with E-state index in [1.165, 1.54) is 10.5 Å². The van der Waals surface area contributed by atoms with Crippen molar-refractivity contribution < 1.29 is 0 Å². The first kappa shape index (κ1) is 9.08. The van der Waals surface area contributed by atoms with Gasteiger partial charge in [-0.2, -0.15) is 5.26 Å². The predicted octanol–water partition coefficient (Wildman–Crippen LogP) is 2.67. The average molecular weight is 225 g/mol. The van der Waals surface area contributed by atoms with Crippen molar-refractivity contribution in [2.75, 3.05) is 11.9 Å². The maximum Gasteiger partial charge on any atom is 0.184 e. The van der Waals surface area contributed by atoms with Gasteiger partial charge in [0.05, 0.1) is 5.69 Å². The summed E-state index contributed by atoms with van der Waals surface area (Å²) in [5.74, 6) is 0. The first-order valence-electron chi connectivity index (χ1n) is 3.55. The molecule has 0 unspecified atom stereocenters. The van der Waals surface area contributed by atoms with Gasteiger partial charge in [-0.25, -0.2) is 0 Å². The quantitative estimate of drug-likeness (QED) is 0.542. The van der Waals surface area contributed by atoms with Crippen molar-refractivity contribution in [3.63, 3.8) is 0 Å². The van der Waals surface area contributed by atoms with Crippen molar-refractivity contribution in [1.82, 2.24) is 0 Å². The zero-order valence-electron chi connectivity index (χ0n) is 7.00. The highest BCUT2D eigenvalue weighted by atomic mass is 79.9. The van der Waals surface area contributed by atoms with Crippen molar-refractivity contribution >= 4 is 21.6 Å². The third-order valence-corrected chi connectivity index (χ3v) is 2.25. The molecule has 1 aromatic carbocycles. The van der Waals surface area contributed by atoms with Gasteiger partial charge in [-0.3, -0.25) is 4.90 Å². The van der Waals surface area contributed by atoms with Crippen molar-refractivity contribution in [2.24, 2.45) is 0 Å². The molecule has 0 amide bonds. The summed E-state index contributed by atoms with van der Waals surface area (Å²) < 4.78 is 0.951. The largest absolute Gasteiger partial charge is 0.281 e. The van der Waals surface area contributed by atoms with Crippen LogP contribution in [0.4, 0.5) is 5.69 Å². The van der Waals surface area contributed by atoms with E-state index in [1.54, 1.807) is 7.05 Å². The Morgan fingerprint density at radius 2 is 2.17 bits per heavy atom. The van der Waals surface area contributed by atoms with Crippen LogP contribution in [-0.2, 0) is 0 Å². The summed E-state index contributed by atoms with van der Waals surface area (Å²) in [6.07, 6.45) is 2.04. The zero-order chi connectivity index (χ0) is 9.14. The third kappa shape index (κ3) is 1.77. The molecule has 0 bridgehead atoms. The molecule has 1 rings (SSSR count). The highest BCUT2D eigenvalue weighted by Gasteiger charge is 2.03. The minimum absolute atomic E-state index is 0.892. The van der Waals surface area contributed by atoms with Crippen LogP contribution in [0, 0.1) is 18.4 Å². The van der Waals surface area contributed by atoms with Crippen LogP contribution in [0.3, 0.4) is 0 Å². The molecule has 0 heterocycles. The smallest absolute Gasteiger partial charge is 0.184 e. The van der Waals surface area contributed by atoms with E-state index in [0.29, 0.717) is 0 Å². The fourth-order valence-electron chi connectivity index (χ4n) is 0.938. The van der Waals surface area contributed by atoms with Gasteiger partial charge in [0.15, 0.2) is 6.19 Å². The summed E-state index contributed by atoms with van der Waals surface area (Å²) >= 11 is 3.40. The maximum atomic E-state index is 8.64. The van der Waals surface area contributed by atoms with Crippen molar-refractivity contribution in [1.29, 1.82) is 5.26 Å². The second kappa shape index (κ2) is 3.59. The minimum Gasteiger partial charge on any atom is -0.281 e. The summed E-state index contributed by atoms with van der Waals surface area (Å²) in [7, 11) is 1.73. The molecule has 2 nitrogen and oxygen atoms in total. The molecule has 0 atom stereocenters. The molecule has 0 N–H and O–H groups in total. The molecule has 62 valence electrons. The van der Waals surface area contributed by atoms with Gasteiger partial charge in [0, 0.05) is 11.5 Å². The van der Waals surface area contributed by atoms with Crippen LogP contribution in [0.2, 0.25) is 0 Å². The topological polar surface area (TPSA) is 27.0 Å². The molecule has 0 aliphatic heterocycles. The monoisotopic (exact) mass is 224 g/mol. The summed E-state index contributed by atoms with van der Waals surface area (Å²) in [6.45, 7) is 2.01. The molecule has 0 aromatic heterocycles. The van der Waals surface area contributed by atoms with Crippen LogP contribution in [0.15, 0.2) is 22.7 Å². The molecule has 0 spiro atoms. The maximum absolute atomic E-state index is 8.64. The third-order valence-electron chi connectivity index (χ3n) is 1.61. The highest BCUT2D eigenvalue weighted by molar-refractivity contribution is 9.10. The summed E-state index contributed by atoms with van der Waals surface area (Å²) in [5, 5.41) is 8.64. The summed E-state index contributed by atoms with van der Waals surface area (Å²) in [6, 6.07) is 5.89. The fraction of sp³-hybridized carbons (Fsp3) is 0.222. The summed E-state index contributed by atoms with van der Waals surface area (Å²) in [4.78, 5) is 1.52. The Bertz CT molecular complexity index is 328. The van der Waals surface area contributed by atoms with Crippen LogP contribution < -0.4 is 4.90 Å². The van der Waals surface area contributed by atoms with E-state index in [2.05, 4.69) is 15.9 Å². The fourth-order valence-corrected chi connectivity index (χ4v) is 1.70. The lowest BCUT2D eigenvalue weighted by molar-refractivity contribution is 1.19. The van der Waals surface area contributed by atoms with Gasteiger partial charge in [-0.1, -0.05) is 6.07 Å². The second-order valence-corrected chi connectivity index (χ2v) is 3.47. The number of aryl methyl sites for hydroxylation is 1. The average Bonchev–Trinajstić information content (AvgIpc) is 2.03. The Labute approximate surface area is 80.5 Å². The van der Waals surface area contributed by atoms with E-state index in [-0.39, 0.29) is 0 Å². The van der Waals surface area contributed by atoms with Gasteiger partial charge in [0.25, 0.3) is 0 Å². The second-order valence-electron chi connectivity index (χ2n) is 2.61. The molecule has 0 saturated carbocycles. The molecular weight excluding hydrogens is 216 g/mol. The Kier molecular flexibility index (Phi) is 2.72.